The van der Waals surface area contributed by atoms with Gasteiger partial charge in [-0.25, -0.2) is 9.97 Å². The number of rotatable bonds is 2. The summed E-state index contributed by atoms with van der Waals surface area (Å²) < 4.78 is 5.70. The van der Waals surface area contributed by atoms with Crippen LogP contribution in [0.5, 0.6) is 0 Å². The van der Waals surface area contributed by atoms with Crippen molar-refractivity contribution in [2.75, 3.05) is 44.8 Å². The van der Waals surface area contributed by atoms with Gasteiger partial charge in [0.25, 0.3) is 0 Å². The molecule has 6 nitrogen and oxygen atoms in total. The van der Waals surface area contributed by atoms with E-state index in [0.29, 0.717) is 0 Å². The Morgan fingerprint density at radius 2 is 2.00 bits per heavy atom. The van der Waals surface area contributed by atoms with Gasteiger partial charge >= 0.3 is 0 Å². The number of aryl methyl sites for hydroxylation is 1. The van der Waals surface area contributed by atoms with E-state index in [2.05, 4.69) is 32.9 Å². The Hall–Kier alpha value is -2.05. The summed E-state index contributed by atoms with van der Waals surface area (Å²) in [5.41, 5.74) is 2.11. The number of hydrogen-bond acceptors (Lipinski definition) is 6. The molecular weight excluding hydrogens is 302 g/mol. The highest BCUT2D eigenvalue weighted by Gasteiger charge is 2.43. The fourth-order valence-corrected chi connectivity index (χ4v) is 3.62. The predicted octanol–water partition coefficient (Wildman–Crippen LogP) is 1.76. The highest BCUT2D eigenvalue weighted by molar-refractivity contribution is 5.57. The molecule has 1 unspecified atom stereocenters. The lowest BCUT2D eigenvalue weighted by Crippen LogP contribution is -2.61. The third-order valence-electron chi connectivity index (χ3n) is 5.19. The average Bonchev–Trinajstić information content (AvgIpc) is 3.07. The van der Waals surface area contributed by atoms with Crippen LogP contribution in [0.25, 0.3) is 11.4 Å². The number of aromatic nitrogens is 3. The maximum atomic E-state index is 5.70. The lowest BCUT2D eigenvalue weighted by Gasteiger charge is -2.47. The van der Waals surface area contributed by atoms with Crippen LogP contribution in [0.1, 0.15) is 12.1 Å². The molecule has 24 heavy (non-hydrogen) atoms. The number of likely N-dealkylation sites (N-methyl/N-ethyl adjacent to an activating group) is 1. The van der Waals surface area contributed by atoms with Gasteiger partial charge in [0, 0.05) is 56.0 Å². The minimum atomic E-state index is 0.119. The number of nitrogens with zero attached hydrogens (tertiary/aromatic N) is 5. The molecule has 6 heteroatoms. The molecule has 0 aliphatic carbocycles. The molecule has 0 saturated carbocycles. The first-order valence-corrected chi connectivity index (χ1v) is 8.46. The number of ether oxygens (including phenoxy) is 1. The van der Waals surface area contributed by atoms with Crippen LogP contribution in [0.4, 0.5) is 5.82 Å². The van der Waals surface area contributed by atoms with Crippen LogP contribution in [0, 0.1) is 6.92 Å². The summed E-state index contributed by atoms with van der Waals surface area (Å²) in [6.07, 6.45) is 4.64. The van der Waals surface area contributed by atoms with Crippen molar-refractivity contribution in [1.29, 1.82) is 0 Å². The van der Waals surface area contributed by atoms with Gasteiger partial charge in [-0.1, -0.05) is 0 Å². The number of anilines is 1. The Balaban J connectivity index is 1.65. The quantitative estimate of drug-likeness (QED) is 0.839. The standard InChI is InChI=1S/C18H23N5O/c1-14-11-16(21-17(20-14)15-3-6-19-7-4-15)23-9-8-22(2)18(12-23)5-10-24-13-18/h3-4,6-7,11H,5,8-10,12-13H2,1-2H3. The lowest BCUT2D eigenvalue weighted by molar-refractivity contribution is 0.0775. The summed E-state index contributed by atoms with van der Waals surface area (Å²) >= 11 is 0. The molecule has 1 atom stereocenters. The average molecular weight is 325 g/mol. The Morgan fingerprint density at radius 3 is 2.75 bits per heavy atom. The van der Waals surface area contributed by atoms with Gasteiger partial charge in [0.05, 0.1) is 12.1 Å². The normalized spacial score (nSPS) is 24.7. The van der Waals surface area contributed by atoms with Crippen molar-refractivity contribution in [3.8, 4) is 11.4 Å². The van der Waals surface area contributed by atoms with E-state index in [9.17, 15) is 0 Å². The van der Waals surface area contributed by atoms with Gasteiger partial charge in [-0.3, -0.25) is 9.88 Å². The van der Waals surface area contributed by atoms with Crippen LogP contribution in [-0.2, 0) is 4.74 Å². The van der Waals surface area contributed by atoms with Crippen LogP contribution < -0.4 is 4.90 Å². The summed E-state index contributed by atoms with van der Waals surface area (Å²) in [6.45, 7) is 6.64. The first kappa shape index (κ1) is 15.5. The molecule has 1 spiro atoms. The topological polar surface area (TPSA) is 54.4 Å². The van der Waals surface area contributed by atoms with E-state index in [1.54, 1.807) is 12.4 Å². The number of pyridine rings is 1. The monoisotopic (exact) mass is 325 g/mol. The summed E-state index contributed by atoms with van der Waals surface area (Å²) in [5, 5.41) is 0. The SMILES string of the molecule is Cc1cc(N2CCN(C)C3(CCOC3)C2)nc(-c2ccncc2)n1. The van der Waals surface area contributed by atoms with E-state index in [-0.39, 0.29) is 5.54 Å². The zero-order chi connectivity index (χ0) is 16.6. The largest absolute Gasteiger partial charge is 0.379 e. The van der Waals surface area contributed by atoms with E-state index in [1.807, 2.05) is 19.1 Å². The molecule has 4 heterocycles. The van der Waals surface area contributed by atoms with Gasteiger partial charge in [-0.05, 0) is 32.5 Å². The zero-order valence-corrected chi connectivity index (χ0v) is 14.3. The molecule has 0 amide bonds. The molecule has 2 fully saturated rings. The molecule has 2 aromatic heterocycles. The molecule has 4 rings (SSSR count). The first-order chi connectivity index (χ1) is 11.7. The van der Waals surface area contributed by atoms with Crippen molar-refractivity contribution >= 4 is 5.82 Å². The van der Waals surface area contributed by atoms with Gasteiger partial charge in [0.15, 0.2) is 5.82 Å². The Bertz CT molecular complexity index is 715. The highest BCUT2D eigenvalue weighted by Crippen LogP contribution is 2.31. The molecule has 0 N–H and O–H groups in total. The van der Waals surface area contributed by atoms with Gasteiger partial charge in [-0.2, -0.15) is 0 Å². The summed E-state index contributed by atoms with van der Waals surface area (Å²) in [7, 11) is 2.21. The molecule has 2 saturated heterocycles. The van der Waals surface area contributed by atoms with Crippen LogP contribution >= 0.6 is 0 Å². The molecule has 0 radical (unpaired) electrons. The number of hydrogen-bond donors (Lipinski definition) is 0. The predicted molar refractivity (Wildman–Crippen MR) is 93.0 cm³/mol. The third kappa shape index (κ3) is 2.76. The van der Waals surface area contributed by atoms with Gasteiger partial charge in [-0.15, -0.1) is 0 Å². The molecule has 0 aromatic carbocycles. The van der Waals surface area contributed by atoms with Crippen LogP contribution in [0.2, 0.25) is 0 Å². The van der Waals surface area contributed by atoms with E-state index < -0.39 is 0 Å². The van der Waals surface area contributed by atoms with Crippen molar-refractivity contribution in [2.24, 2.45) is 0 Å². The van der Waals surface area contributed by atoms with Crippen molar-refractivity contribution in [2.45, 2.75) is 18.9 Å². The Labute approximate surface area is 142 Å². The smallest absolute Gasteiger partial charge is 0.161 e. The van der Waals surface area contributed by atoms with Gasteiger partial charge in [0.2, 0.25) is 0 Å². The lowest BCUT2D eigenvalue weighted by atomic mass is 9.93. The molecule has 0 bridgehead atoms. The van der Waals surface area contributed by atoms with Crippen molar-refractivity contribution in [3.63, 3.8) is 0 Å². The van der Waals surface area contributed by atoms with Crippen molar-refractivity contribution in [1.82, 2.24) is 19.9 Å². The van der Waals surface area contributed by atoms with Crippen molar-refractivity contribution < 1.29 is 4.74 Å². The van der Waals surface area contributed by atoms with E-state index in [4.69, 9.17) is 9.72 Å². The minimum absolute atomic E-state index is 0.119. The Morgan fingerprint density at radius 1 is 1.17 bits per heavy atom. The molecule has 2 aromatic rings. The first-order valence-electron chi connectivity index (χ1n) is 8.46. The number of piperazine rings is 1. The van der Waals surface area contributed by atoms with E-state index in [1.165, 1.54) is 0 Å². The maximum Gasteiger partial charge on any atom is 0.161 e. The molecule has 2 aliphatic heterocycles. The zero-order valence-electron chi connectivity index (χ0n) is 14.3. The van der Waals surface area contributed by atoms with Crippen molar-refractivity contribution in [3.05, 3.63) is 36.3 Å². The second-order valence-electron chi connectivity index (χ2n) is 6.80. The minimum Gasteiger partial charge on any atom is -0.379 e. The van der Waals surface area contributed by atoms with Crippen LogP contribution in [0.15, 0.2) is 30.6 Å². The van der Waals surface area contributed by atoms with Gasteiger partial charge in [0.1, 0.15) is 5.82 Å². The Kier molecular flexibility index (Phi) is 3.94. The maximum absolute atomic E-state index is 5.70. The summed E-state index contributed by atoms with van der Waals surface area (Å²) in [5.74, 6) is 1.77. The van der Waals surface area contributed by atoms with Crippen LogP contribution in [-0.4, -0.2) is 65.3 Å². The summed E-state index contributed by atoms with van der Waals surface area (Å²) in [6, 6.07) is 5.99. The van der Waals surface area contributed by atoms with Crippen LogP contribution in [0.3, 0.4) is 0 Å². The van der Waals surface area contributed by atoms with Gasteiger partial charge < -0.3 is 9.64 Å². The molecular formula is C18H23N5O. The highest BCUT2D eigenvalue weighted by atomic mass is 16.5. The van der Waals surface area contributed by atoms with E-state index in [0.717, 1.165) is 62.2 Å². The second-order valence-corrected chi connectivity index (χ2v) is 6.80. The fourth-order valence-electron chi connectivity index (χ4n) is 3.62. The molecule has 2 aliphatic rings. The third-order valence-corrected chi connectivity index (χ3v) is 5.19. The molecule has 126 valence electrons. The summed E-state index contributed by atoms with van der Waals surface area (Å²) in [4.78, 5) is 18.3. The second kappa shape index (κ2) is 6.11. The van der Waals surface area contributed by atoms with E-state index >= 15 is 0 Å². The fraction of sp³-hybridized carbons (Fsp3) is 0.500.